The van der Waals surface area contributed by atoms with E-state index in [0.29, 0.717) is 11.1 Å². The Hall–Kier alpha value is -5.39. The number of anilines is 1. The van der Waals surface area contributed by atoms with Gasteiger partial charge in [0, 0.05) is 6.20 Å². The molecule has 0 fully saturated rings. The summed E-state index contributed by atoms with van der Waals surface area (Å²) in [7, 11) is 0. The summed E-state index contributed by atoms with van der Waals surface area (Å²) in [6, 6.07) is 12.4. The number of nitrogens with two attached hydrogens (primary N) is 1. The fraction of sp³-hybridized carbons (Fsp3) is 0.219. The number of rotatable bonds is 10. The number of amides is 1. The normalized spacial score (nSPS) is 12.7. The van der Waals surface area contributed by atoms with Crippen LogP contribution in [-0.2, 0) is 25.2 Å². The van der Waals surface area contributed by atoms with Crippen LogP contribution in [0.5, 0.6) is 0 Å². The van der Waals surface area contributed by atoms with Crippen LogP contribution in [0.3, 0.4) is 0 Å². The largest absolute Gasteiger partial charge is 0.478 e. The SMILES string of the molecule is CC(N)c1ncc(C(=O)Nc2cc(C(F)(F)F)c(Cl)cn2)s1.Cc1ccc(C(=O)O[C@H](C(=O)O)[C@H](OC(=O)c2ccc(C)cc2)C(=O)O)cc1. The predicted molar refractivity (Wildman–Crippen MR) is 173 cm³/mol. The second-order valence-corrected chi connectivity index (χ2v) is 11.9. The summed E-state index contributed by atoms with van der Waals surface area (Å²) < 4.78 is 47.8. The van der Waals surface area contributed by atoms with Gasteiger partial charge in [-0.05, 0) is 51.1 Å². The topological polar surface area (TPSA) is 208 Å². The molecule has 2 aromatic carbocycles. The Morgan fingerprint density at radius 1 is 0.840 bits per heavy atom. The molecule has 0 bridgehead atoms. The van der Waals surface area contributed by atoms with E-state index in [-0.39, 0.29) is 27.9 Å². The molecule has 264 valence electrons. The first-order valence-electron chi connectivity index (χ1n) is 14.1. The van der Waals surface area contributed by atoms with Gasteiger partial charge >= 0.3 is 30.1 Å². The molecule has 0 saturated heterocycles. The summed E-state index contributed by atoms with van der Waals surface area (Å²) >= 11 is 6.51. The van der Waals surface area contributed by atoms with Crippen molar-refractivity contribution in [3.05, 3.63) is 110 Å². The molecular weight excluding hydrogens is 709 g/mol. The van der Waals surface area contributed by atoms with Crippen molar-refractivity contribution in [2.75, 3.05) is 5.32 Å². The summed E-state index contributed by atoms with van der Waals surface area (Å²) in [6.45, 7) is 5.29. The number of nitrogens with one attached hydrogen (secondary N) is 1. The van der Waals surface area contributed by atoms with E-state index in [1.165, 1.54) is 30.5 Å². The summed E-state index contributed by atoms with van der Waals surface area (Å²) in [5.74, 6) is -6.49. The molecule has 2 aromatic heterocycles. The molecule has 2 heterocycles. The lowest BCUT2D eigenvalue weighted by Crippen LogP contribution is -2.45. The van der Waals surface area contributed by atoms with E-state index in [0.717, 1.165) is 28.7 Å². The number of carbonyl (C=O) groups is 5. The van der Waals surface area contributed by atoms with Crippen molar-refractivity contribution in [1.82, 2.24) is 9.97 Å². The highest BCUT2D eigenvalue weighted by molar-refractivity contribution is 7.13. The number of hydrogen-bond acceptors (Lipinski definition) is 11. The highest BCUT2D eigenvalue weighted by atomic mass is 35.5. The number of halogens is 4. The average Bonchev–Trinajstić information content (AvgIpc) is 3.55. The lowest BCUT2D eigenvalue weighted by molar-refractivity contribution is -0.166. The third kappa shape index (κ3) is 10.8. The minimum atomic E-state index is -4.63. The van der Waals surface area contributed by atoms with Crippen molar-refractivity contribution in [1.29, 1.82) is 0 Å². The maximum atomic E-state index is 12.7. The Kier molecular flexibility index (Phi) is 13.1. The fourth-order valence-corrected chi connectivity index (χ4v) is 4.71. The molecular formula is C32H28ClF3N4O9S. The molecule has 3 atom stereocenters. The Morgan fingerprint density at radius 2 is 1.30 bits per heavy atom. The van der Waals surface area contributed by atoms with E-state index in [9.17, 15) is 47.4 Å². The van der Waals surface area contributed by atoms with Crippen LogP contribution in [0, 0.1) is 13.8 Å². The number of alkyl halides is 3. The van der Waals surface area contributed by atoms with Crippen LogP contribution in [0.15, 0.2) is 67.0 Å². The molecule has 4 rings (SSSR count). The van der Waals surface area contributed by atoms with Gasteiger partial charge in [0.2, 0.25) is 12.2 Å². The maximum absolute atomic E-state index is 12.7. The number of pyridine rings is 1. The van der Waals surface area contributed by atoms with Crippen molar-refractivity contribution in [3.63, 3.8) is 0 Å². The van der Waals surface area contributed by atoms with E-state index in [1.54, 1.807) is 45.0 Å². The van der Waals surface area contributed by atoms with Crippen LogP contribution in [0.4, 0.5) is 19.0 Å². The summed E-state index contributed by atoms with van der Waals surface area (Å²) in [4.78, 5) is 67.1. The van der Waals surface area contributed by atoms with Gasteiger partial charge in [0.25, 0.3) is 5.91 Å². The van der Waals surface area contributed by atoms with E-state index < -0.39 is 58.8 Å². The van der Waals surface area contributed by atoms with Crippen LogP contribution in [-0.4, -0.2) is 62.2 Å². The monoisotopic (exact) mass is 736 g/mol. The van der Waals surface area contributed by atoms with Crippen molar-refractivity contribution >= 4 is 58.5 Å². The molecule has 1 amide bonds. The zero-order valence-electron chi connectivity index (χ0n) is 26.2. The maximum Gasteiger partial charge on any atom is 0.418 e. The molecule has 18 heteroatoms. The van der Waals surface area contributed by atoms with Gasteiger partial charge in [0.1, 0.15) is 15.7 Å². The first-order valence-corrected chi connectivity index (χ1v) is 15.3. The lowest BCUT2D eigenvalue weighted by atomic mass is 10.1. The molecule has 13 nitrogen and oxygen atoms in total. The molecule has 5 N–H and O–H groups in total. The average molecular weight is 737 g/mol. The number of thiazole rings is 1. The van der Waals surface area contributed by atoms with Crippen LogP contribution < -0.4 is 11.1 Å². The van der Waals surface area contributed by atoms with Crippen LogP contribution in [0.1, 0.15) is 65.1 Å². The lowest BCUT2D eigenvalue weighted by Gasteiger charge is -2.21. The summed E-state index contributed by atoms with van der Waals surface area (Å²) in [6.07, 6.45) is -6.94. The van der Waals surface area contributed by atoms with Gasteiger partial charge in [-0.1, -0.05) is 47.0 Å². The predicted octanol–water partition coefficient (Wildman–Crippen LogP) is 5.71. The minimum absolute atomic E-state index is 0.0332. The van der Waals surface area contributed by atoms with Gasteiger partial charge in [-0.25, -0.2) is 29.1 Å². The Morgan fingerprint density at radius 3 is 1.68 bits per heavy atom. The Bertz CT molecular complexity index is 1790. The number of hydrogen-bond donors (Lipinski definition) is 4. The van der Waals surface area contributed by atoms with E-state index in [1.807, 2.05) is 0 Å². The summed E-state index contributed by atoms with van der Waals surface area (Å²) in [5.41, 5.74) is 6.35. The van der Waals surface area contributed by atoms with Crippen molar-refractivity contribution in [2.24, 2.45) is 5.73 Å². The summed E-state index contributed by atoms with van der Waals surface area (Å²) in [5, 5.41) is 20.9. The van der Waals surface area contributed by atoms with E-state index >= 15 is 0 Å². The highest BCUT2D eigenvalue weighted by Crippen LogP contribution is 2.35. The third-order valence-corrected chi connectivity index (χ3v) is 7.84. The van der Waals surface area contributed by atoms with Crippen molar-refractivity contribution in [3.8, 4) is 0 Å². The number of ether oxygens (including phenoxy) is 2. The zero-order valence-corrected chi connectivity index (χ0v) is 27.8. The second kappa shape index (κ2) is 16.8. The number of carbonyl (C=O) groups excluding carboxylic acids is 3. The molecule has 0 saturated carbocycles. The van der Waals surface area contributed by atoms with Crippen LogP contribution >= 0.6 is 22.9 Å². The highest BCUT2D eigenvalue weighted by Gasteiger charge is 2.41. The number of aromatic nitrogens is 2. The standard InChI is InChI=1S/C20H18O8.C12H10ClF3N4OS/c1-11-3-7-13(8-4-11)19(25)27-15(17(21)22)16(18(23)24)28-20(26)14-9-5-12(2)6-10-14;1-5(17)11-19-4-8(22-11)10(21)20-9-2-6(12(14,15)16)7(13)3-18-9/h3-10,15-16H,1-2H3,(H,21,22)(H,23,24);2-5H,17H2,1H3,(H,18,20,21)/t15-,16-;/m0./s1. The smallest absolute Gasteiger partial charge is 0.418 e. The van der Waals surface area contributed by atoms with Crippen molar-refractivity contribution in [2.45, 2.75) is 45.2 Å². The first-order chi connectivity index (χ1) is 23.4. The molecule has 1 unspecified atom stereocenters. The molecule has 0 aliphatic carbocycles. The van der Waals surface area contributed by atoms with Gasteiger partial charge in [0.15, 0.2) is 0 Å². The number of benzene rings is 2. The molecule has 0 spiro atoms. The molecule has 50 heavy (non-hydrogen) atoms. The van der Waals surface area contributed by atoms with E-state index in [2.05, 4.69) is 15.3 Å². The van der Waals surface area contributed by atoms with Gasteiger partial charge < -0.3 is 30.7 Å². The number of carboxylic acid groups (broad SMARTS) is 2. The van der Waals surface area contributed by atoms with E-state index in [4.69, 9.17) is 26.8 Å². The van der Waals surface area contributed by atoms with Gasteiger partial charge in [-0.3, -0.25) is 4.79 Å². The van der Waals surface area contributed by atoms with Gasteiger partial charge in [0.05, 0.1) is 34.0 Å². The number of aliphatic carboxylic acids is 2. The minimum Gasteiger partial charge on any atom is -0.478 e. The van der Waals surface area contributed by atoms with Crippen LogP contribution in [0.25, 0.3) is 0 Å². The number of carboxylic acids is 2. The molecule has 4 aromatic rings. The number of aryl methyl sites for hydroxylation is 2. The first kappa shape index (κ1) is 39.1. The Balaban J connectivity index is 0.000000278. The van der Waals surface area contributed by atoms with Crippen LogP contribution in [0.2, 0.25) is 5.02 Å². The number of nitrogens with zero attached hydrogens (tertiary/aromatic N) is 2. The molecule has 0 aliphatic heterocycles. The molecule has 0 aliphatic rings. The molecule has 0 radical (unpaired) electrons. The number of esters is 2. The second-order valence-electron chi connectivity index (χ2n) is 10.4. The fourth-order valence-electron chi connectivity index (χ4n) is 3.73. The van der Waals surface area contributed by atoms with Crippen molar-refractivity contribution < 1.29 is 56.8 Å². The van der Waals surface area contributed by atoms with Gasteiger partial charge in [-0.15, -0.1) is 11.3 Å². The quantitative estimate of drug-likeness (QED) is 0.145. The Labute approximate surface area is 290 Å². The zero-order chi connectivity index (χ0) is 37.3. The third-order valence-electron chi connectivity index (χ3n) is 6.34. The van der Waals surface area contributed by atoms with Gasteiger partial charge in [-0.2, -0.15) is 13.2 Å².